The van der Waals surface area contributed by atoms with E-state index < -0.39 is 0 Å². The predicted molar refractivity (Wildman–Crippen MR) is 260 cm³/mol. The minimum Gasteiger partial charge on any atom is -0.310 e. The van der Waals surface area contributed by atoms with Gasteiger partial charge in [0.05, 0.1) is 33.3 Å². The number of nitrogens with zero attached hydrogens (tertiary/aromatic N) is 4. The molecule has 3 heterocycles. The molecule has 13 rings (SSSR count). The van der Waals surface area contributed by atoms with Gasteiger partial charge in [-0.2, -0.15) is 0 Å². The molecular weight excluding hydrogens is 765 g/mol. The molecule has 1 saturated carbocycles. The second-order valence-electron chi connectivity index (χ2n) is 17.0. The Hall–Kier alpha value is -8.08. The number of benzene rings is 8. The molecule has 8 aromatic carbocycles. The number of fused-ring (bicyclic) bond motifs is 7. The first-order chi connectivity index (χ1) is 31.2. The molecule has 63 heavy (non-hydrogen) atoms. The molecule has 0 amide bonds. The molecule has 0 bridgehead atoms. The zero-order chi connectivity index (χ0) is 41.4. The Morgan fingerprint density at radius 1 is 0.349 bits per heavy atom. The zero-order valence-electron chi connectivity index (χ0n) is 34.4. The maximum absolute atomic E-state index is 5.10. The summed E-state index contributed by atoms with van der Waals surface area (Å²) >= 11 is 0. The molecular formula is C59H40N4. The van der Waals surface area contributed by atoms with E-state index in [9.17, 15) is 0 Å². The fraction of sp³-hybridized carbons (Fsp3) is 0.0508. The van der Waals surface area contributed by atoms with Crippen molar-refractivity contribution in [3.05, 3.63) is 217 Å². The number of rotatable bonds is 7. The predicted octanol–water partition coefficient (Wildman–Crippen LogP) is 13.1. The molecule has 0 saturated heterocycles. The van der Waals surface area contributed by atoms with Gasteiger partial charge in [0.1, 0.15) is 0 Å². The normalized spacial score (nSPS) is 15.2. The van der Waals surface area contributed by atoms with Crippen molar-refractivity contribution in [2.75, 3.05) is 0 Å². The monoisotopic (exact) mass is 804 g/mol. The topological polar surface area (TPSA) is 35.6 Å². The molecule has 0 spiro atoms. The van der Waals surface area contributed by atoms with Gasteiger partial charge in [-0.05, 0) is 95.1 Å². The Balaban J connectivity index is 0.912. The van der Waals surface area contributed by atoms with Gasteiger partial charge in [0.25, 0.3) is 0 Å². The summed E-state index contributed by atoms with van der Waals surface area (Å²) in [6, 6.07) is 74.0. The molecule has 2 aliphatic carbocycles. The van der Waals surface area contributed by atoms with Crippen molar-refractivity contribution in [2.24, 2.45) is 11.8 Å². The van der Waals surface area contributed by atoms with E-state index in [0.29, 0.717) is 17.7 Å². The first-order valence-corrected chi connectivity index (χ1v) is 21.9. The maximum Gasteiger partial charge on any atom is 0.160 e. The molecule has 0 aliphatic heterocycles. The third kappa shape index (κ3) is 6.06. The third-order valence-electron chi connectivity index (χ3n) is 13.2. The molecule has 4 heteroatoms. The van der Waals surface area contributed by atoms with Crippen LogP contribution in [0.3, 0.4) is 0 Å². The summed E-state index contributed by atoms with van der Waals surface area (Å²) in [7, 11) is 0. The van der Waals surface area contributed by atoms with Gasteiger partial charge in [-0.3, -0.25) is 0 Å². The zero-order valence-corrected chi connectivity index (χ0v) is 34.4. The summed E-state index contributed by atoms with van der Waals surface area (Å²) in [5.74, 6) is 2.00. The van der Waals surface area contributed by atoms with Gasteiger partial charge < -0.3 is 9.13 Å². The van der Waals surface area contributed by atoms with Gasteiger partial charge in [0, 0.05) is 49.4 Å². The minimum absolute atomic E-state index is 0.640. The number of aromatic nitrogens is 4. The SMILES string of the molecule is C1=c2c(n(-c3ccc(-c4ccccc4)cc3)c3ccc(-c4ccc5c6ccccc6n(-c6ccc(-c7cc(-c8ccccc8)nc(-c8ccccc8)n7)cc6)c5c4)cc23)=CC2CC12. The molecule has 296 valence electrons. The first kappa shape index (κ1) is 35.7. The number of hydrogen-bond donors (Lipinski definition) is 0. The quantitative estimate of drug-likeness (QED) is 0.161. The summed E-state index contributed by atoms with van der Waals surface area (Å²) in [5, 5.41) is 6.47. The lowest BCUT2D eigenvalue weighted by Gasteiger charge is -2.12. The standard InChI is InChI=1S/C59H40N4/c1-4-12-38(13-5-1)39-20-26-47(27-21-39)63-56-31-25-43(33-51(56)52-34-45-32-46(45)36-58(52)63)44-24-30-50-49-18-10-11-19-55(49)62(57(50)35-44)48-28-22-41(23-29-48)54-37-53(40-14-6-2-7-15-40)60-59(61-54)42-16-8-3-9-17-42/h1-31,33-37,45-46H,32H2. The number of hydrogen-bond acceptors (Lipinski definition) is 2. The molecule has 11 aromatic rings. The summed E-state index contributed by atoms with van der Waals surface area (Å²) in [6.45, 7) is 0. The van der Waals surface area contributed by atoms with Crippen LogP contribution in [0.4, 0.5) is 0 Å². The highest BCUT2D eigenvalue weighted by atomic mass is 15.0. The van der Waals surface area contributed by atoms with Crippen LogP contribution in [-0.2, 0) is 0 Å². The van der Waals surface area contributed by atoms with Gasteiger partial charge in [0.15, 0.2) is 5.82 Å². The van der Waals surface area contributed by atoms with Crippen LogP contribution >= 0.6 is 0 Å². The van der Waals surface area contributed by atoms with Gasteiger partial charge in [0.2, 0.25) is 0 Å². The van der Waals surface area contributed by atoms with E-state index in [4.69, 9.17) is 9.97 Å². The van der Waals surface area contributed by atoms with Gasteiger partial charge in [-0.1, -0.05) is 164 Å². The van der Waals surface area contributed by atoms with Gasteiger partial charge in [-0.25, -0.2) is 9.97 Å². The van der Waals surface area contributed by atoms with Crippen LogP contribution < -0.4 is 10.6 Å². The van der Waals surface area contributed by atoms with E-state index in [1.54, 1.807) is 0 Å². The van der Waals surface area contributed by atoms with E-state index in [1.807, 2.05) is 24.3 Å². The summed E-state index contributed by atoms with van der Waals surface area (Å²) < 4.78 is 4.89. The van der Waals surface area contributed by atoms with Gasteiger partial charge in [-0.15, -0.1) is 0 Å². The fourth-order valence-corrected chi connectivity index (χ4v) is 9.88. The maximum atomic E-state index is 5.10. The lowest BCUT2D eigenvalue weighted by molar-refractivity contribution is 1.00. The second kappa shape index (κ2) is 14.3. The van der Waals surface area contributed by atoms with Crippen molar-refractivity contribution in [3.63, 3.8) is 0 Å². The van der Waals surface area contributed by atoms with Crippen LogP contribution in [0.25, 0.3) is 112 Å². The molecule has 1 fully saturated rings. The Labute approximate surface area is 365 Å². The largest absolute Gasteiger partial charge is 0.310 e. The van der Waals surface area contributed by atoms with E-state index in [0.717, 1.165) is 33.8 Å². The molecule has 0 radical (unpaired) electrons. The van der Waals surface area contributed by atoms with E-state index >= 15 is 0 Å². The van der Waals surface area contributed by atoms with Crippen molar-refractivity contribution in [3.8, 4) is 67.5 Å². The Kier molecular flexibility index (Phi) is 8.07. The first-order valence-electron chi connectivity index (χ1n) is 21.9. The van der Waals surface area contributed by atoms with Crippen molar-refractivity contribution in [1.82, 2.24) is 19.1 Å². The van der Waals surface area contributed by atoms with Crippen molar-refractivity contribution < 1.29 is 0 Å². The molecule has 4 nitrogen and oxygen atoms in total. The third-order valence-corrected chi connectivity index (χ3v) is 13.2. The average Bonchev–Trinajstić information content (AvgIpc) is 3.96. The van der Waals surface area contributed by atoms with Crippen molar-refractivity contribution >= 4 is 44.9 Å². The fourth-order valence-electron chi connectivity index (χ4n) is 9.88. The highest BCUT2D eigenvalue weighted by molar-refractivity contribution is 6.10. The van der Waals surface area contributed by atoms with Crippen LogP contribution in [0.2, 0.25) is 0 Å². The molecule has 2 aliphatic rings. The summed E-state index contributed by atoms with van der Waals surface area (Å²) in [4.78, 5) is 10.1. The lowest BCUT2D eigenvalue weighted by atomic mass is 10.0. The smallest absolute Gasteiger partial charge is 0.160 e. The van der Waals surface area contributed by atoms with Crippen LogP contribution in [0.1, 0.15) is 6.42 Å². The summed E-state index contributed by atoms with van der Waals surface area (Å²) in [6.07, 6.45) is 6.31. The highest BCUT2D eigenvalue weighted by Gasteiger charge is 2.36. The molecule has 3 aromatic heterocycles. The minimum atomic E-state index is 0.640. The Morgan fingerprint density at radius 3 is 1.59 bits per heavy atom. The Bertz CT molecular complexity index is 3620. The molecule has 2 atom stereocenters. The molecule has 0 N–H and O–H groups in total. The van der Waals surface area contributed by atoms with Crippen LogP contribution in [0.15, 0.2) is 206 Å². The summed E-state index contributed by atoms with van der Waals surface area (Å²) in [5.41, 5.74) is 15.7. The van der Waals surface area contributed by atoms with Crippen LogP contribution in [0.5, 0.6) is 0 Å². The van der Waals surface area contributed by atoms with Crippen LogP contribution in [-0.4, -0.2) is 19.1 Å². The van der Waals surface area contributed by atoms with Crippen molar-refractivity contribution in [2.45, 2.75) is 6.42 Å². The number of para-hydroxylation sites is 1. The molecule has 2 unspecified atom stereocenters. The van der Waals surface area contributed by atoms with E-state index in [2.05, 4.69) is 203 Å². The Morgan fingerprint density at radius 2 is 0.857 bits per heavy atom. The van der Waals surface area contributed by atoms with E-state index in [1.165, 1.54) is 77.6 Å². The second-order valence-corrected chi connectivity index (χ2v) is 17.0. The van der Waals surface area contributed by atoms with Crippen LogP contribution in [0, 0.1) is 11.8 Å². The van der Waals surface area contributed by atoms with E-state index in [-0.39, 0.29) is 0 Å². The highest BCUT2D eigenvalue weighted by Crippen LogP contribution is 2.43. The van der Waals surface area contributed by atoms with Crippen molar-refractivity contribution in [1.29, 1.82) is 0 Å². The average molecular weight is 805 g/mol. The lowest BCUT2D eigenvalue weighted by Crippen LogP contribution is -2.30. The van der Waals surface area contributed by atoms with Gasteiger partial charge >= 0.3 is 0 Å².